The summed E-state index contributed by atoms with van der Waals surface area (Å²) in [6.07, 6.45) is 0.431. The zero-order chi connectivity index (χ0) is 19.9. The number of likely N-dealkylation sites (N-methyl/N-ethyl adjacent to an activating group) is 1. The van der Waals surface area contributed by atoms with Crippen LogP contribution in [0.25, 0.3) is 0 Å². The molecule has 7 nitrogen and oxygen atoms in total. The molecule has 0 bridgehead atoms. The number of carbonyl (C=O) groups is 2. The van der Waals surface area contributed by atoms with Crippen LogP contribution in [-0.2, 0) is 16.0 Å². The van der Waals surface area contributed by atoms with Crippen molar-refractivity contribution in [2.24, 2.45) is 5.73 Å². The lowest BCUT2D eigenvalue weighted by atomic mass is 10.1. The summed E-state index contributed by atoms with van der Waals surface area (Å²) < 4.78 is 11.0. The molecule has 29 heavy (non-hydrogen) atoms. The van der Waals surface area contributed by atoms with Crippen molar-refractivity contribution in [2.45, 2.75) is 19.4 Å². The summed E-state index contributed by atoms with van der Waals surface area (Å²) in [5.74, 6) is 0.710. The van der Waals surface area contributed by atoms with E-state index in [1.807, 2.05) is 37.3 Å². The first-order valence-corrected chi connectivity index (χ1v) is 9.34. The third-order valence-corrected chi connectivity index (χ3v) is 4.47. The molecule has 1 heterocycles. The molecule has 2 amide bonds. The van der Waals surface area contributed by atoms with Crippen LogP contribution in [0.1, 0.15) is 12.5 Å². The van der Waals surface area contributed by atoms with E-state index in [1.165, 1.54) is 4.90 Å². The van der Waals surface area contributed by atoms with Crippen LogP contribution in [0.15, 0.2) is 48.5 Å². The molecule has 0 fully saturated rings. The summed E-state index contributed by atoms with van der Waals surface area (Å²) in [6.45, 7) is 3.14. The topological polar surface area (TPSA) is 93.9 Å². The van der Waals surface area contributed by atoms with Crippen molar-refractivity contribution in [2.75, 3.05) is 31.6 Å². The molecule has 1 aliphatic heterocycles. The molecule has 2 aromatic rings. The number of carbonyl (C=O) groups excluding carboxylic acids is 2. The van der Waals surface area contributed by atoms with E-state index in [-0.39, 0.29) is 30.8 Å². The quantitative estimate of drug-likeness (QED) is 0.717. The average Bonchev–Trinajstić information content (AvgIpc) is 2.72. The fourth-order valence-corrected chi connectivity index (χ4v) is 3.03. The number of rotatable bonds is 7. The summed E-state index contributed by atoms with van der Waals surface area (Å²) >= 11 is 0. The maximum absolute atomic E-state index is 12.6. The highest BCUT2D eigenvalue weighted by molar-refractivity contribution is 5.95. The van der Waals surface area contributed by atoms with E-state index >= 15 is 0 Å². The van der Waals surface area contributed by atoms with Gasteiger partial charge in [-0.15, -0.1) is 12.4 Å². The average molecular weight is 420 g/mol. The Morgan fingerprint density at radius 1 is 1.10 bits per heavy atom. The van der Waals surface area contributed by atoms with E-state index in [4.69, 9.17) is 15.2 Å². The van der Waals surface area contributed by atoms with Gasteiger partial charge >= 0.3 is 0 Å². The SMILES string of the molecule is CCN(CC(=O)Nc1ccc2c(c1)OCCO2)C(=O)[C@@H](N)Cc1ccccc1.Cl. The van der Waals surface area contributed by atoms with Gasteiger partial charge in [-0.3, -0.25) is 9.59 Å². The number of hydrogen-bond acceptors (Lipinski definition) is 5. The molecule has 0 saturated carbocycles. The van der Waals surface area contributed by atoms with Crippen molar-refractivity contribution in [3.05, 3.63) is 54.1 Å². The predicted octanol–water partition coefficient (Wildman–Crippen LogP) is 2.24. The Hall–Kier alpha value is -2.77. The molecule has 0 aliphatic carbocycles. The Kier molecular flexibility index (Phi) is 8.30. The van der Waals surface area contributed by atoms with E-state index in [9.17, 15) is 9.59 Å². The number of nitrogens with zero attached hydrogens (tertiary/aromatic N) is 1. The second kappa shape index (κ2) is 10.7. The summed E-state index contributed by atoms with van der Waals surface area (Å²) in [5.41, 5.74) is 7.65. The van der Waals surface area contributed by atoms with Gasteiger partial charge in [-0.25, -0.2) is 0 Å². The fraction of sp³-hybridized carbons (Fsp3) is 0.333. The predicted molar refractivity (Wildman–Crippen MR) is 114 cm³/mol. The number of nitrogens with two attached hydrogens (primary N) is 1. The van der Waals surface area contributed by atoms with Gasteiger partial charge in [0.05, 0.1) is 12.6 Å². The molecule has 0 saturated heterocycles. The minimum Gasteiger partial charge on any atom is -0.486 e. The number of hydrogen-bond donors (Lipinski definition) is 2. The zero-order valence-corrected chi connectivity index (χ0v) is 17.1. The number of fused-ring (bicyclic) bond motifs is 1. The molecule has 156 valence electrons. The van der Waals surface area contributed by atoms with Gasteiger partial charge in [-0.2, -0.15) is 0 Å². The molecular weight excluding hydrogens is 394 g/mol. The van der Waals surface area contributed by atoms with Crippen LogP contribution in [0, 0.1) is 0 Å². The zero-order valence-electron chi connectivity index (χ0n) is 16.3. The highest BCUT2D eigenvalue weighted by Crippen LogP contribution is 2.32. The first-order valence-electron chi connectivity index (χ1n) is 9.34. The second-order valence-corrected chi connectivity index (χ2v) is 6.56. The van der Waals surface area contributed by atoms with Gasteiger partial charge in [-0.05, 0) is 31.0 Å². The van der Waals surface area contributed by atoms with E-state index < -0.39 is 6.04 Å². The van der Waals surface area contributed by atoms with Gasteiger partial charge in [0, 0.05) is 18.3 Å². The molecular formula is C21H26ClN3O4. The van der Waals surface area contributed by atoms with Crippen LogP contribution < -0.4 is 20.5 Å². The van der Waals surface area contributed by atoms with Gasteiger partial charge in [0.1, 0.15) is 13.2 Å². The number of anilines is 1. The highest BCUT2D eigenvalue weighted by Gasteiger charge is 2.22. The van der Waals surface area contributed by atoms with Gasteiger partial charge in [0.15, 0.2) is 11.5 Å². The van der Waals surface area contributed by atoms with Crippen LogP contribution in [0.4, 0.5) is 5.69 Å². The Labute approximate surface area is 176 Å². The van der Waals surface area contributed by atoms with E-state index in [0.717, 1.165) is 5.56 Å². The van der Waals surface area contributed by atoms with Crippen molar-refractivity contribution in [3.63, 3.8) is 0 Å². The van der Waals surface area contributed by atoms with E-state index in [2.05, 4.69) is 5.32 Å². The molecule has 0 spiro atoms. The number of benzene rings is 2. The van der Waals surface area contributed by atoms with E-state index in [1.54, 1.807) is 18.2 Å². The highest BCUT2D eigenvalue weighted by atomic mass is 35.5. The molecule has 1 aliphatic rings. The maximum Gasteiger partial charge on any atom is 0.243 e. The van der Waals surface area contributed by atoms with Gasteiger partial charge in [-0.1, -0.05) is 30.3 Å². The molecule has 2 aromatic carbocycles. The lowest BCUT2D eigenvalue weighted by Gasteiger charge is -2.24. The normalized spacial score (nSPS) is 13.0. The smallest absolute Gasteiger partial charge is 0.243 e. The largest absolute Gasteiger partial charge is 0.486 e. The second-order valence-electron chi connectivity index (χ2n) is 6.56. The van der Waals surface area contributed by atoms with Crippen LogP contribution in [0.2, 0.25) is 0 Å². The standard InChI is InChI=1S/C21H25N3O4.ClH/c1-2-24(21(26)17(22)12-15-6-4-3-5-7-15)14-20(25)23-16-8-9-18-19(13-16)28-11-10-27-18;/h3-9,13,17H,2,10-12,14,22H2,1H3,(H,23,25);1H/t17-;/m0./s1. The molecule has 1 atom stereocenters. The molecule has 8 heteroatoms. The lowest BCUT2D eigenvalue weighted by molar-refractivity contribution is -0.135. The monoisotopic (exact) mass is 419 g/mol. The third-order valence-electron chi connectivity index (χ3n) is 4.47. The summed E-state index contributed by atoms with van der Waals surface area (Å²) in [7, 11) is 0. The number of halogens is 1. The third kappa shape index (κ3) is 6.10. The minimum atomic E-state index is -0.690. The van der Waals surface area contributed by atoms with Gasteiger partial charge in [0.2, 0.25) is 11.8 Å². The maximum atomic E-state index is 12.6. The Morgan fingerprint density at radius 2 is 1.79 bits per heavy atom. The van der Waals surface area contributed by atoms with Crippen LogP contribution in [0.5, 0.6) is 11.5 Å². The summed E-state index contributed by atoms with van der Waals surface area (Å²) in [4.78, 5) is 26.5. The van der Waals surface area contributed by atoms with Crippen molar-refractivity contribution < 1.29 is 19.1 Å². The number of amides is 2. The lowest BCUT2D eigenvalue weighted by Crippen LogP contribution is -2.47. The van der Waals surface area contributed by atoms with Crippen LogP contribution >= 0.6 is 12.4 Å². The minimum absolute atomic E-state index is 0. The Morgan fingerprint density at radius 3 is 2.48 bits per heavy atom. The first kappa shape index (κ1) is 22.5. The molecule has 3 rings (SSSR count). The van der Waals surface area contributed by atoms with Crippen LogP contribution in [-0.4, -0.2) is 49.1 Å². The Bertz CT molecular complexity index is 832. The van der Waals surface area contributed by atoms with Crippen molar-refractivity contribution >= 4 is 29.9 Å². The molecule has 0 aromatic heterocycles. The van der Waals surface area contributed by atoms with Gasteiger partial charge < -0.3 is 25.4 Å². The van der Waals surface area contributed by atoms with E-state index in [0.29, 0.717) is 43.4 Å². The number of ether oxygens (including phenoxy) is 2. The molecule has 3 N–H and O–H groups in total. The first-order chi connectivity index (χ1) is 13.6. The fourth-order valence-electron chi connectivity index (χ4n) is 3.03. The van der Waals surface area contributed by atoms with Crippen LogP contribution in [0.3, 0.4) is 0 Å². The Balaban J connectivity index is 0.00000300. The molecule has 0 radical (unpaired) electrons. The summed E-state index contributed by atoms with van der Waals surface area (Å²) in [5, 5.41) is 2.79. The van der Waals surface area contributed by atoms with Crippen molar-refractivity contribution in [1.29, 1.82) is 0 Å². The van der Waals surface area contributed by atoms with Gasteiger partial charge in [0.25, 0.3) is 0 Å². The van der Waals surface area contributed by atoms with Crippen molar-refractivity contribution in [1.82, 2.24) is 4.90 Å². The number of nitrogens with one attached hydrogen (secondary N) is 1. The van der Waals surface area contributed by atoms with Crippen molar-refractivity contribution in [3.8, 4) is 11.5 Å². The molecule has 0 unspecified atom stereocenters. The summed E-state index contributed by atoms with van der Waals surface area (Å²) in [6, 6.07) is 14.1.